The Morgan fingerprint density at radius 3 is 2.89 bits per heavy atom. The fraction of sp³-hybridized carbons (Fsp3) is 0.385. The zero-order valence-corrected chi connectivity index (χ0v) is 10.8. The Balaban J connectivity index is 1.90. The summed E-state index contributed by atoms with van der Waals surface area (Å²) in [4.78, 5) is 19.7. The Kier molecular flexibility index (Phi) is 3.22. The molecule has 1 aliphatic rings. The minimum atomic E-state index is 0.211. The van der Waals surface area contributed by atoms with E-state index < -0.39 is 0 Å². The van der Waals surface area contributed by atoms with Crippen molar-refractivity contribution in [1.82, 2.24) is 19.9 Å². The highest BCUT2D eigenvalue weighted by molar-refractivity contribution is 5.38. The summed E-state index contributed by atoms with van der Waals surface area (Å²) in [6, 6.07) is 2.04. The van der Waals surface area contributed by atoms with E-state index in [0.717, 1.165) is 36.8 Å². The molecule has 1 unspecified atom stereocenters. The van der Waals surface area contributed by atoms with Crippen molar-refractivity contribution in [3.8, 4) is 0 Å². The van der Waals surface area contributed by atoms with Gasteiger partial charge in [0.2, 0.25) is 5.95 Å². The van der Waals surface area contributed by atoms with E-state index >= 15 is 0 Å². The molecule has 2 aromatic heterocycles. The maximum atomic E-state index is 4.58. The number of rotatable bonds is 3. The van der Waals surface area contributed by atoms with Crippen molar-refractivity contribution < 1.29 is 0 Å². The standard InChI is InChI=1S/C13H16N6/c1-14-12-9-15-8-10(18-12)11-4-2-7-19(11)13-16-5-3-6-17-13/h3,5-6,8-9,11H,2,4,7H2,1H3,(H,14,18). The van der Waals surface area contributed by atoms with Crippen LogP contribution >= 0.6 is 0 Å². The lowest BCUT2D eigenvalue weighted by atomic mass is 10.1. The topological polar surface area (TPSA) is 66.8 Å². The smallest absolute Gasteiger partial charge is 0.225 e. The first-order valence-electron chi connectivity index (χ1n) is 6.42. The highest BCUT2D eigenvalue weighted by atomic mass is 15.3. The predicted molar refractivity (Wildman–Crippen MR) is 72.9 cm³/mol. The van der Waals surface area contributed by atoms with E-state index in [9.17, 15) is 0 Å². The largest absolute Gasteiger partial charge is 0.372 e. The van der Waals surface area contributed by atoms with E-state index in [1.807, 2.05) is 19.3 Å². The molecule has 0 radical (unpaired) electrons. The van der Waals surface area contributed by atoms with Gasteiger partial charge in [-0.15, -0.1) is 0 Å². The molecule has 1 N–H and O–H groups in total. The normalized spacial score (nSPS) is 18.6. The fourth-order valence-electron chi connectivity index (χ4n) is 2.42. The van der Waals surface area contributed by atoms with Crippen molar-refractivity contribution >= 4 is 11.8 Å². The third-order valence-electron chi connectivity index (χ3n) is 3.31. The molecule has 19 heavy (non-hydrogen) atoms. The van der Waals surface area contributed by atoms with Crippen LogP contribution in [0.25, 0.3) is 0 Å². The van der Waals surface area contributed by atoms with Crippen molar-refractivity contribution in [2.75, 3.05) is 23.8 Å². The first-order chi connectivity index (χ1) is 9.38. The summed E-state index contributed by atoms with van der Waals surface area (Å²) in [5.74, 6) is 1.56. The van der Waals surface area contributed by atoms with Gasteiger partial charge in [-0.25, -0.2) is 15.0 Å². The lowest BCUT2D eigenvalue weighted by Gasteiger charge is -2.23. The van der Waals surface area contributed by atoms with Gasteiger partial charge in [0.15, 0.2) is 0 Å². The van der Waals surface area contributed by atoms with E-state index in [1.54, 1.807) is 18.6 Å². The Hall–Kier alpha value is -2.24. The zero-order chi connectivity index (χ0) is 13.1. The van der Waals surface area contributed by atoms with Gasteiger partial charge in [0.25, 0.3) is 0 Å². The molecule has 3 rings (SSSR count). The van der Waals surface area contributed by atoms with Crippen LogP contribution in [0.3, 0.4) is 0 Å². The van der Waals surface area contributed by atoms with Gasteiger partial charge < -0.3 is 10.2 Å². The van der Waals surface area contributed by atoms with Gasteiger partial charge in [0, 0.05) is 26.0 Å². The monoisotopic (exact) mass is 256 g/mol. The molecule has 1 saturated heterocycles. The predicted octanol–water partition coefficient (Wildman–Crippen LogP) is 1.65. The fourth-order valence-corrected chi connectivity index (χ4v) is 2.42. The Morgan fingerprint density at radius 2 is 2.11 bits per heavy atom. The van der Waals surface area contributed by atoms with Crippen LogP contribution in [0.2, 0.25) is 0 Å². The van der Waals surface area contributed by atoms with Gasteiger partial charge >= 0.3 is 0 Å². The van der Waals surface area contributed by atoms with Gasteiger partial charge in [-0.2, -0.15) is 0 Å². The van der Waals surface area contributed by atoms with E-state index in [-0.39, 0.29) is 6.04 Å². The number of aromatic nitrogens is 4. The van der Waals surface area contributed by atoms with Gasteiger partial charge in [0.05, 0.1) is 24.1 Å². The average molecular weight is 256 g/mol. The summed E-state index contributed by atoms with van der Waals surface area (Å²) < 4.78 is 0. The van der Waals surface area contributed by atoms with Crippen LogP contribution in [0.5, 0.6) is 0 Å². The van der Waals surface area contributed by atoms with E-state index in [2.05, 4.69) is 30.2 Å². The van der Waals surface area contributed by atoms with Crippen LogP contribution in [0, 0.1) is 0 Å². The highest BCUT2D eigenvalue weighted by Gasteiger charge is 2.29. The minimum absolute atomic E-state index is 0.211. The summed E-state index contributed by atoms with van der Waals surface area (Å²) in [7, 11) is 1.85. The molecule has 0 bridgehead atoms. The Labute approximate surface area is 111 Å². The van der Waals surface area contributed by atoms with Gasteiger partial charge in [-0.3, -0.25) is 4.98 Å². The quantitative estimate of drug-likeness (QED) is 0.900. The van der Waals surface area contributed by atoms with E-state index in [0.29, 0.717) is 0 Å². The van der Waals surface area contributed by atoms with Crippen LogP contribution in [-0.2, 0) is 0 Å². The lowest BCUT2D eigenvalue weighted by molar-refractivity contribution is 0.676. The molecular formula is C13H16N6. The van der Waals surface area contributed by atoms with Crippen molar-refractivity contribution in [2.45, 2.75) is 18.9 Å². The van der Waals surface area contributed by atoms with Crippen LogP contribution < -0.4 is 10.2 Å². The zero-order valence-electron chi connectivity index (χ0n) is 10.8. The van der Waals surface area contributed by atoms with Gasteiger partial charge in [-0.1, -0.05) is 0 Å². The van der Waals surface area contributed by atoms with Gasteiger partial charge in [-0.05, 0) is 18.9 Å². The molecule has 2 aromatic rings. The summed E-state index contributed by atoms with van der Waals surface area (Å²) in [6.45, 7) is 0.958. The lowest BCUT2D eigenvalue weighted by Crippen LogP contribution is -2.25. The minimum Gasteiger partial charge on any atom is -0.372 e. The van der Waals surface area contributed by atoms with Crippen LogP contribution in [0.15, 0.2) is 30.9 Å². The summed E-state index contributed by atoms with van der Waals surface area (Å²) in [6.07, 6.45) is 9.27. The first kappa shape index (κ1) is 11.8. The first-order valence-corrected chi connectivity index (χ1v) is 6.42. The van der Waals surface area contributed by atoms with Crippen molar-refractivity contribution in [1.29, 1.82) is 0 Å². The van der Waals surface area contributed by atoms with Crippen LogP contribution in [-0.4, -0.2) is 33.5 Å². The number of nitrogens with one attached hydrogen (secondary N) is 1. The summed E-state index contributed by atoms with van der Waals surface area (Å²) in [5, 5.41) is 3.02. The molecule has 6 nitrogen and oxygen atoms in total. The maximum absolute atomic E-state index is 4.58. The maximum Gasteiger partial charge on any atom is 0.225 e. The second-order valence-corrected chi connectivity index (χ2v) is 4.48. The molecule has 6 heteroatoms. The Bertz CT molecular complexity index is 544. The molecular weight excluding hydrogens is 240 g/mol. The number of nitrogens with zero attached hydrogens (tertiary/aromatic N) is 5. The molecule has 98 valence electrons. The van der Waals surface area contributed by atoms with E-state index in [4.69, 9.17) is 0 Å². The second kappa shape index (κ2) is 5.17. The van der Waals surface area contributed by atoms with Crippen molar-refractivity contribution in [3.05, 3.63) is 36.5 Å². The third-order valence-corrected chi connectivity index (χ3v) is 3.31. The van der Waals surface area contributed by atoms with Crippen molar-refractivity contribution in [2.24, 2.45) is 0 Å². The summed E-state index contributed by atoms with van der Waals surface area (Å²) >= 11 is 0. The molecule has 1 fully saturated rings. The number of hydrogen-bond acceptors (Lipinski definition) is 6. The summed E-state index contributed by atoms with van der Waals surface area (Å²) in [5.41, 5.74) is 0.969. The molecule has 3 heterocycles. The van der Waals surface area contributed by atoms with Gasteiger partial charge in [0.1, 0.15) is 5.82 Å². The van der Waals surface area contributed by atoms with Crippen molar-refractivity contribution in [3.63, 3.8) is 0 Å². The second-order valence-electron chi connectivity index (χ2n) is 4.48. The number of hydrogen-bond donors (Lipinski definition) is 1. The average Bonchev–Trinajstić information content (AvgIpc) is 2.98. The molecule has 0 aliphatic carbocycles. The molecule has 1 atom stereocenters. The molecule has 0 amide bonds. The molecule has 0 aromatic carbocycles. The number of anilines is 2. The molecule has 0 saturated carbocycles. The highest BCUT2D eigenvalue weighted by Crippen LogP contribution is 2.33. The van der Waals surface area contributed by atoms with Crippen LogP contribution in [0.4, 0.5) is 11.8 Å². The molecule has 1 aliphatic heterocycles. The Morgan fingerprint density at radius 1 is 1.26 bits per heavy atom. The van der Waals surface area contributed by atoms with Crippen LogP contribution in [0.1, 0.15) is 24.6 Å². The molecule has 0 spiro atoms. The SMILES string of the molecule is CNc1cncc(C2CCCN2c2ncccn2)n1. The third kappa shape index (κ3) is 2.33. The van der Waals surface area contributed by atoms with E-state index in [1.165, 1.54) is 0 Å².